The highest BCUT2D eigenvalue weighted by atomic mass is 35.5. The smallest absolute Gasteiger partial charge is 0.224 e. The van der Waals surface area contributed by atoms with Crippen LogP contribution in [0.5, 0.6) is 0 Å². The molecule has 3 rings (SSSR count). The summed E-state index contributed by atoms with van der Waals surface area (Å²) in [6, 6.07) is 5.16. The minimum absolute atomic E-state index is 0.123. The number of nitrogens with one attached hydrogen (secondary N) is 1. The van der Waals surface area contributed by atoms with Crippen molar-refractivity contribution < 1.29 is 9.21 Å². The van der Waals surface area contributed by atoms with E-state index in [9.17, 15) is 4.79 Å². The van der Waals surface area contributed by atoms with Crippen molar-refractivity contribution in [3.63, 3.8) is 0 Å². The lowest BCUT2D eigenvalue weighted by Gasteiger charge is -2.17. The first kappa shape index (κ1) is 22.3. The molecule has 0 atom stereocenters. The second kappa shape index (κ2) is 10.6. The van der Waals surface area contributed by atoms with Crippen LogP contribution in [0.15, 0.2) is 41.2 Å². The van der Waals surface area contributed by atoms with Crippen molar-refractivity contribution in [3.8, 4) is 11.3 Å². The summed E-state index contributed by atoms with van der Waals surface area (Å²) in [5.74, 6) is 0.894. The van der Waals surface area contributed by atoms with Gasteiger partial charge < -0.3 is 14.6 Å². The van der Waals surface area contributed by atoms with Crippen LogP contribution >= 0.6 is 23.2 Å². The molecule has 30 heavy (non-hydrogen) atoms. The molecule has 2 aromatic heterocycles. The average molecular weight is 450 g/mol. The summed E-state index contributed by atoms with van der Waals surface area (Å²) < 4.78 is 7.57. The van der Waals surface area contributed by atoms with E-state index in [1.165, 1.54) is 0 Å². The van der Waals surface area contributed by atoms with E-state index in [0.717, 1.165) is 26.2 Å². The van der Waals surface area contributed by atoms with Crippen molar-refractivity contribution in [2.24, 2.45) is 0 Å². The Morgan fingerprint density at radius 2 is 2.03 bits per heavy atom. The lowest BCUT2D eigenvalue weighted by molar-refractivity contribution is -0.116. The fraction of sp³-hybridized carbons (Fsp3) is 0.381. The number of carbonyl (C=O) groups excluding carboxylic acids is 1. The third-order valence-electron chi connectivity index (χ3n) is 4.77. The molecule has 0 fully saturated rings. The van der Waals surface area contributed by atoms with Crippen LogP contribution in [0.25, 0.3) is 11.3 Å². The maximum Gasteiger partial charge on any atom is 0.224 e. The molecule has 0 unspecified atom stereocenters. The number of halogens is 2. The quantitative estimate of drug-likeness (QED) is 0.482. The third-order valence-corrected chi connectivity index (χ3v) is 5.32. The van der Waals surface area contributed by atoms with Gasteiger partial charge in [-0.25, -0.2) is 4.98 Å². The van der Waals surface area contributed by atoms with Crippen LogP contribution in [0, 0.1) is 0 Å². The molecule has 0 aliphatic heterocycles. The van der Waals surface area contributed by atoms with Gasteiger partial charge in [-0.1, -0.05) is 37.0 Å². The predicted molar refractivity (Wildman–Crippen MR) is 119 cm³/mol. The summed E-state index contributed by atoms with van der Waals surface area (Å²) in [6.07, 6.45) is 5.73. The number of likely N-dealkylation sites (N-methyl/N-ethyl adjacent to an activating group) is 1. The van der Waals surface area contributed by atoms with E-state index in [2.05, 4.69) is 34.1 Å². The van der Waals surface area contributed by atoms with Gasteiger partial charge in [0.1, 0.15) is 0 Å². The normalized spacial score (nSPS) is 11.2. The molecule has 2 heterocycles. The SMILES string of the molecule is CCN(CC)CCn1cc(NC(=O)CCc2ncc(-c3ccc(Cl)cc3Cl)o2)cn1. The standard InChI is InChI=1S/C21H25Cl2N5O2/c1-3-27(4-2)9-10-28-14-16(12-25-28)26-20(29)7-8-21-24-13-19(30-21)17-6-5-15(22)11-18(17)23/h5-6,11-14H,3-4,7-10H2,1-2H3,(H,26,29). The number of carbonyl (C=O) groups is 1. The fourth-order valence-corrected chi connectivity index (χ4v) is 3.52. The molecule has 1 N–H and O–H groups in total. The molecule has 3 aromatic rings. The lowest BCUT2D eigenvalue weighted by Crippen LogP contribution is -2.27. The Hall–Kier alpha value is -2.35. The molecular formula is C21H25Cl2N5O2. The van der Waals surface area contributed by atoms with Gasteiger partial charge in [0.2, 0.25) is 5.91 Å². The van der Waals surface area contributed by atoms with Crippen molar-refractivity contribution in [1.29, 1.82) is 0 Å². The van der Waals surface area contributed by atoms with E-state index in [-0.39, 0.29) is 12.3 Å². The van der Waals surface area contributed by atoms with Crippen LogP contribution < -0.4 is 5.32 Å². The molecular weight excluding hydrogens is 425 g/mol. The molecule has 9 heteroatoms. The Labute approximate surface area is 186 Å². The Morgan fingerprint density at radius 1 is 1.23 bits per heavy atom. The fourth-order valence-electron chi connectivity index (χ4n) is 3.02. The number of aromatic nitrogens is 3. The topological polar surface area (TPSA) is 76.2 Å². The Bertz CT molecular complexity index is 981. The molecule has 0 saturated heterocycles. The van der Waals surface area contributed by atoms with Gasteiger partial charge in [0.05, 0.1) is 29.6 Å². The van der Waals surface area contributed by atoms with E-state index in [0.29, 0.717) is 39.4 Å². The molecule has 0 radical (unpaired) electrons. The molecule has 0 spiro atoms. The monoisotopic (exact) mass is 449 g/mol. The number of aryl methyl sites for hydroxylation is 1. The molecule has 0 bridgehead atoms. The van der Waals surface area contributed by atoms with Gasteiger partial charge in [0.25, 0.3) is 0 Å². The van der Waals surface area contributed by atoms with Crippen LogP contribution in [0.2, 0.25) is 10.0 Å². The van der Waals surface area contributed by atoms with Crippen molar-refractivity contribution in [1.82, 2.24) is 19.7 Å². The number of amides is 1. The lowest BCUT2D eigenvalue weighted by atomic mass is 10.2. The number of rotatable bonds is 10. The van der Waals surface area contributed by atoms with Gasteiger partial charge in [-0.15, -0.1) is 0 Å². The summed E-state index contributed by atoms with van der Waals surface area (Å²) in [7, 11) is 0. The first-order chi connectivity index (χ1) is 14.5. The first-order valence-corrected chi connectivity index (χ1v) is 10.7. The van der Waals surface area contributed by atoms with E-state index < -0.39 is 0 Å². The van der Waals surface area contributed by atoms with E-state index in [1.54, 1.807) is 30.6 Å². The van der Waals surface area contributed by atoms with E-state index in [1.807, 2.05) is 10.9 Å². The molecule has 0 aliphatic rings. The largest absolute Gasteiger partial charge is 0.441 e. The number of benzene rings is 1. The van der Waals surface area contributed by atoms with Gasteiger partial charge in [-0.05, 0) is 31.3 Å². The second-order valence-corrected chi connectivity index (χ2v) is 7.65. The Morgan fingerprint density at radius 3 is 2.77 bits per heavy atom. The molecule has 7 nitrogen and oxygen atoms in total. The third kappa shape index (κ3) is 6.08. The number of oxazole rings is 1. The zero-order valence-corrected chi connectivity index (χ0v) is 18.6. The minimum Gasteiger partial charge on any atom is -0.441 e. The summed E-state index contributed by atoms with van der Waals surface area (Å²) in [5, 5.41) is 8.20. The van der Waals surface area contributed by atoms with Gasteiger partial charge >= 0.3 is 0 Å². The summed E-state index contributed by atoms with van der Waals surface area (Å²) in [4.78, 5) is 18.8. The van der Waals surface area contributed by atoms with Crippen molar-refractivity contribution in [3.05, 3.63) is 52.7 Å². The van der Waals surface area contributed by atoms with Gasteiger partial charge in [-0.2, -0.15) is 5.10 Å². The second-order valence-electron chi connectivity index (χ2n) is 6.81. The molecule has 0 saturated carbocycles. The maximum atomic E-state index is 12.3. The van der Waals surface area contributed by atoms with Crippen LogP contribution in [-0.2, 0) is 17.8 Å². The van der Waals surface area contributed by atoms with Crippen molar-refractivity contribution >= 4 is 34.8 Å². The van der Waals surface area contributed by atoms with E-state index in [4.69, 9.17) is 27.6 Å². The zero-order chi connectivity index (χ0) is 21.5. The first-order valence-electron chi connectivity index (χ1n) is 9.93. The highest BCUT2D eigenvalue weighted by Crippen LogP contribution is 2.30. The van der Waals surface area contributed by atoms with Crippen LogP contribution in [-0.4, -0.2) is 45.2 Å². The summed E-state index contributed by atoms with van der Waals surface area (Å²) in [5.41, 5.74) is 1.39. The van der Waals surface area contributed by atoms with Gasteiger partial charge in [-0.3, -0.25) is 9.48 Å². The number of hydrogen-bond donors (Lipinski definition) is 1. The van der Waals surface area contributed by atoms with Crippen LogP contribution in [0.4, 0.5) is 5.69 Å². The molecule has 160 valence electrons. The highest BCUT2D eigenvalue weighted by Gasteiger charge is 2.12. The number of anilines is 1. The van der Waals surface area contributed by atoms with Gasteiger partial charge in [0, 0.05) is 36.2 Å². The predicted octanol–water partition coefficient (Wildman–Crippen LogP) is 4.76. The van der Waals surface area contributed by atoms with Crippen LogP contribution in [0.3, 0.4) is 0 Å². The van der Waals surface area contributed by atoms with Crippen molar-refractivity contribution in [2.45, 2.75) is 33.2 Å². The highest BCUT2D eigenvalue weighted by molar-refractivity contribution is 6.36. The average Bonchev–Trinajstić information content (AvgIpc) is 3.37. The zero-order valence-electron chi connectivity index (χ0n) is 17.1. The summed E-state index contributed by atoms with van der Waals surface area (Å²) in [6.45, 7) is 8.00. The minimum atomic E-state index is -0.123. The van der Waals surface area contributed by atoms with E-state index >= 15 is 0 Å². The maximum absolute atomic E-state index is 12.3. The molecule has 1 aromatic carbocycles. The van der Waals surface area contributed by atoms with Crippen LogP contribution in [0.1, 0.15) is 26.2 Å². The van der Waals surface area contributed by atoms with Gasteiger partial charge in [0.15, 0.2) is 11.7 Å². The molecule has 0 aliphatic carbocycles. The number of hydrogen-bond acceptors (Lipinski definition) is 5. The Kier molecular flexibility index (Phi) is 7.90. The number of nitrogens with zero attached hydrogens (tertiary/aromatic N) is 4. The van der Waals surface area contributed by atoms with Crippen molar-refractivity contribution in [2.75, 3.05) is 25.0 Å². The Balaban J connectivity index is 1.49. The summed E-state index contributed by atoms with van der Waals surface area (Å²) >= 11 is 12.1. The molecule has 1 amide bonds.